The molecule has 0 fully saturated rings. The first-order chi connectivity index (χ1) is 10.4. The molecule has 1 heterocycles. The van der Waals surface area contributed by atoms with Crippen LogP contribution in [0.1, 0.15) is 13.8 Å². The first-order valence-electron chi connectivity index (χ1n) is 6.89. The van der Waals surface area contributed by atoms with Gasteiger partial charge in [-0.25, -0.2) is 0 Å². The van der Waals surface area contributed by atoms with Gasteiger partial charge < -0.3 is 15.0 Å². The Bertz CT molecular complexity index is 619. The quantitative estimate of drug-likeness (QED) is 0.666. The summed E-state index contributed by atoms with van der Waals surface area (Å²) < 4.78 is 3.18. The monoisotopic (exact) mass is 322 g/mol. The number of rotatable bonds is 4. The molecule has 0 radical (unpaired) electrons. The van der Waals surface area contributed by atoms with Gasteiger partial charge in [-0.1, -0.05) is 23.9 Å². The zero-order chi connectivity index (χ0) is 16.3. The number of carbonyl (C=O) groups is 3. The molecule has 6 nitrogen and oxygen atoms in total. The minimum Gasteiger partial charge on any atom is -0.468 e. The normalized spacial score (nSPS) is 20.3. The lowest BCUT2D eigenvalue weighted by atomic mass is 10.1. The highest BCUT2D eigenvalue weighted by atomic mass is 32.2. The average Bonchev–Trinajstić information content (AvgIpc) is 2.53. The molecule has 0 spiro atoms. The van der Waals surface area contributed by atoms with E-state index in [1.165, 1.54) is 18.9 Å². The minimum absolute atomic E-state index is 0.257. The first-order valence-corrected chi connectivity index (χ1v) is 7.70. The van der Waals surface area contributed by atoms with Gasteiger partial charge in [0.1, 0.15) is 6.54 Å². The molecule has 2 amide bonds. The molecule has 7 heteroatoms. The van der Waals surface area contributed by atoms with E-state index in [2.05, 4.69) is 10.1 Å². The third-order valence-corrected chi connectivity index (χ3v) is 4.83. The van der Waals surface area contributed by atoms with Crippen molar-refractivity contribution in [1.82, 2.24) is 5.32 Å². The van der Waals surface area contributed by atoms with Crippen molar-refractivity contribution in [3.63, 3.8) is 0 Å². The van der Waals surface area contributed by atoms with Gasteiger partial charge in [0.2, 0.25) is 5.91 Å². The van der Waals surface area contributed by atoms with E-state index in [1.54, 1.807) is 11.8 Å². The molecule has 0 saturated carbocycles. The Kier molecular flexibility index (Phi) is 4.75. The second-order valence-electron chi connectivity index (χ2n) is 4.91. The highest BCUT2D eigenvalue weighted by Gasteiger charge is 2.48. The van der Waals surface area contributed by atoms with Crippen LogP contribution in [0.25, 0.3) is 0 Å². The van der Waals surface area contributed by atoms with E-state index in [4.69, 9.17) is 0 Å². The Morgan fingerprint density at radius 3 is 2.68 bits per heavy atom. The van der Waals surface area contributed by atoms with Gasteiger partial charge in [0.25, 0.3) is 5.91 Å². The Morgan fingerprint density at radius 2 is 2.05 bits per heavy atom. The van der Waals surface area contributed by atoms with Crippen LogP contribution in [0.3, 0.4) is 0 Å². The molecule has 0 saturated heterocycles. The maximum atomic E-state index is 12.7. The molecular weight excluding hydrogens is 304 g/mol. The zero-order valence-electron chi connectivity index (χ0n) is 12.7. The van der Waals surface area contributed by atoms with Gasteiger partial charge in [0, 0.05) is 11.4 Å². The standard InChI is InChI=1S/C15H18N2O4S/c1-4-17-10-7-5-6-8-11(10)22-15(2,14(17)20)13(19)16-9-12(18)21-3/h5-8H,4,9H2,1-3H3,(H,16,19). The maximum absolute atomic E-state index is 12.7. The number of methoxy groups -OCH3 is 1. The van der Waals surface area contributed by atoms with E-state index in [0.29, 0.717) is 6.54 Å². The van der Waals surface area contributed by atoms with Gasteiger partial charge in [-0.05, 0) is 26.0 Å². The molecule has 2 rings (SSSR count). The number of nitrogens with zero attached hydrogens (tertiary/aromatic N) is 1. The van der Waals surface area contributed by atoms with Crippen LogP contribution in [-0.4, -0.2) is 42.7 Å². The molecule has 1 N–H and O–H groups in total. The van der Waals surface area contributed by atoms with Crippen LogP contribution >= 0.6 is 11.8 Å². The second-order valence-corrected chi connectivity index (χ2v) is 6.37. The number of nitrogens with one attached hydrogen (secondary N) is 1. The number of hydrogen-bond donors (Lipinski definition) is 1. The van der Waals surface area contributed by atoms with E-state index < -0.39 is 16.6 Å². The van der Waals surface area contributed by atoms with Crippen molar-refractivity contribution in [1.29, 1.82) is 0 Å². The summed E-state index contributed by atoms with van der Waals surface area (Å²) >= 11 is 1.20. The predicted octanol–water partition coefficient (Wildman–Crippen LogP) is 1.19. The van der Waals surface area contributed by atoms with E-state index in [0.717, 1.165) is 10.6 Å². The minimum atomic E-state index is -1.31. The predicted molar refractivity (Wildman–Crippen MR) is 83.8 cm³/mol. The van der Waals surface area contributed by atoms with Crippen molar-refractivity contribution in [2.45, 2.75) is 23.5 Å². The number of anilines is 1. The van der Waals surface area contributed by atoms with E-state index >= 15 is 0 Å². The lowest BCUT2D eigenvalue weighted by Gasteiger charge is -2.38. The fourth-order valence-corrected chi connectivity index (χ4v) is 3.48. The molecule has 1 aliphatic rings. The van der Waals surface area contributed by atoms with E-state index in [1.807, 2.05) is 31.2 Å². The molecule has 1 aromatic rings. The number of fused-ring (bicyclic) bond motifs is 1. The Hall–Kier alpha value is -2.02. The van der Waals surface area contributed by atoms with Crippen molar-refractivity contribution in [3.05, 3.63) is 24.3 Å². The zero-order valence-corrected chi connectivity index (χ0v) is 13.5. The van der Waals surface area contributed by atoms with Gasteiger partial charge in [0.15, 0.2) is 4.75 Å². The average molecular weight is 322 g/mol. The first kappa shape index (κ1) is 16.4. The Labute approximate surface area is 133 Å². The number of thioether (sulfide) groups is 1. The summed E-state index contributed by atoms with van der Waals surface area (Å²) in [6.07, 6.45) is 0. The van der Waals surface area contributed by atoms with Crippen LogP contribution in [0.4, 0.5) is 5.69 Å². The topological polar surface area (TPSA) is 75.7 Å². The highest BCUT2D eigenvalue weighted by Crippen LogP contribution is 2.45. The number of esters is 1. The van der Waals surface area contributed by atoms with Gasteiger partial charge in [-0.2, -0.15) is 0 Å². The van der Waals surface area contributed by atoms with Crippen molar-refractivity contribution < 1.29 is 19.1 Å². The third kappa shape index (κ3) is 2.81. The van der Waals surface area contributed by atoms with Crippen molar-refractivity contribution in [3.8, 4) is 0 Å². The molecule has 1 atom stereocenters. The molecule has 0 bridgehead atoms. The Morgan fingerprint density at radius 1 is 1.36 bits per heavy atom. The summed E-state index contributed by atoms with van der Waals surface area (Å²) in [6, 6.07) is 7.45. The number of amides is 2. The van der Waals surface area contributed by atoms with Crippen LogP contribution in [0.5, 0.6) is 0 Å². The van der Waals surface area contributed by atoms with Crippen molar-refractivity contribution in [2.75, 3.05) is 25.1 Å². The molecule has 1 aromatic carbocycles. The third-order valence-electron chi connectivity index (χ3n) is 3.49. The lowest BCUT2D eigenvalue weighted by Crippen LogP contribution is -2.57. The molecular formula is C15H18N2O4S. The molecule has 1 unspecified atom stereocenters. The van der Waals surface area contributed by atoms with Gasteiger partial charge in [-0.15, -0.1) is 0 Å². The fourth-order valence-electron chi connectivity index (χ4n) is 2.25. The molecule has 1 aliphatic heterocycles. The molecule has 0 aliphatic carbocycles. The summed E-state index contributed by atoms with van der Waals surface area (Å²) in [5, 5.41) is 2.47. The Balaban J connectivity index is 2.29. The highest BCUT2D eigenvalue weighted by molar-refractivity contribution is 8.02. The largest absolute Gasteiger partial charge is 0.468 e. The second kappa shape index (κ2) is 6.39. The SMILES string of the molecule is CCN1C(=O)C(C)(C(=O)NCC(=O)OC)Sc2ccccc21. The maximum Gasteiger partial charge on any atom is 0.325 e. The van der Waals surface area contributed by atoms with Gasteiger partial charge in [0.05, 0.1) is 12.8 Å². The molecule has 0 aromatic heterocycles. The summed E-state index contributed by atoms with van der Waals surface area (Å²) in [6.45, 7) is 3.64. The van der Waals surface area contributed by atoms with E-state index in [9.17, 15) is 14.4 Å². The number of carbonyl (C=O) groups excluding carboxylic acids is 3. The summed E-state index contributed by atoms with van der Waals surface area (Å²) in [5.41, 5.74) is 0.804. The van der Waals surface area contributed by atoms with Crippen LogP contribution in [0.15, 0.2) is 29.2 Å². The molecule has 118 valence electrons. The van der Waals surface area contributed by atoms with Crippen LogP contribution in [0, 0.1) is 0 Å². The number of ether oxygens (including phenoxy) is 1. The van der Waals surface area contributed by atoms with Crippen LogP contribution in [-0.2, 0) is 19.1 Å². The number of para-hydroxylation sites is 1. The van der Waals surface area contributed by atoms with Gasteiger partial charge in [-0.3, -0.25) is 14.4 Å². The van der Waals surface area contributed by atoms with Crippen LogP contribution < -0.4 is 10.2 Å². The lowest BCUT2D eigenvalue weighted by molar-refractivity contribution is -0.142. The molecule has 22 heavy (non-hydrogen) atoms. The number of hydrogen-bond acceptors (Lipinski definition) is 5. The summed E-state index contributed by atoms with van der Waals surface area (Å²) in [5.74, 6) is -1.35. The fraction of sp³-hybridized carbons (Fsp3) is 0.400. The number of benzene rings is 1. The van der Waals surface area contributed by atoms with E-state index in [-0.39, 0.29) is 12.5 Å². The van der Waals surface area contributed by atoms with Crippen molar-refractivity contribution in [2.24, 2.45) is 0 Å². The summed E-state index contributed by atoms with van der Waals surface area (Å²) in [4.78, 5) is 38.8. The smallest absolute Gasteiger partial charge is 0.325 e. The summed E-state index contributed by atoms with van der Waals surface area (Å²) in [7, 11) is 1.24. The van der Waals surface area contributed by atoms with Crippen LogP contribution in [0.2, 0.25) is 0 Å². The van der Waals surface area contributed by atoms with Crippen molar-refractivity contribution >= 4 is 35.2 Å². The van der Waals surface area contributed by atoms with Gasteiger partial charge >= 0.3 is 5.97 Å².